The first-order valence-electron chi connectivity index (χ1n) is 6.53. The highest BCUT2D eigenvalue weighted by Gasteiger charge is 2.21. The maximum Gasteiger partial charge on any atom is 0.133 e. The van der Waals surface area contributed by atoms with Gasteiger partial charge in [0.1, 0.15) is 23.0 Å². The average Bonchev–Trinajstić information content (AvgIpc) is 2.42. The van der Waals surface area contributed by atoms with Crippen LogP contribution in [0.4, 0.5) is 0 Å². The third-order valence-corrected chi connectivity index (χ3v) is 3.33. The molecule has 5 heteroatoms. The lowest BCUT2D eigenvalue weighted by atomic mass is 9.97. The van der Waals surface area contributed by atoms with Crippen LogP contribution in [0.2, 0.25) is 0 Å². The number of rotatable bonds is 3. The van der Waals surface area contributed by atoms with Crippen LogP contribution in [0.5, 0.6) is 23.0 Å². The Hall–Kier alpha value is -2.40. The highest BCUT2D eigenvalue weighted by Crippen LogP contribution is 2.46. The summed E-state index contributed by atoms with van der Waals surface area (Å²) < 4.78 is 0. The molecule has 0 aliphatic heterocycles. The van der Waals surface area contributed by atoms with Crippen LogP contribution in [-0.2, 0) is 0 Å². The topological polar surface area (TPSA) is 101 Å². The number of phenols is 4. The van der Waals surface area contributed by atoms with Crippen LogP contribution in [0.1, 0.15) is 31.9 Å². The molecule has 0 saturated carbocycles. The van der Waals surface area contributed by atoms with Gasteiger partial charge in [0, 0.05) is 5.56 Å². The van der Waals surface area contributed by atoms with Gasteiger partial charge in [-0.25, -0.2) is 0 Å². The van der Waals surface area contributed by atoms with Crippen molar-refractivity contribution in [3.63, 3.8) is 0 Å². The second kappa shape index (κ2) is 5.54. The number of aromatic hydroxyl groups is 4. The zero-order valence-corrected chi connectivity index (χ0v) is 11.8. The Morgan fingerprint density at radius 3 is 2.14 bits per heavy atom. The molecule has 0 saturated heterocycles. The molecule has 0 spiro atoms. The van der Waals surface area contributed by atoms with Gasteiger partial charge in [-0.2, -0.15) is 0 Å². The Kier molecular flexibility index (Phi) is 3.95. The van der Waals surface area contributed by atoms with Crippen molar-refractivity contribution in [3.8, 4) is 23.0 Å². The largest absolute Gasteiger partial charge is 0.507 e. The normalized spacial score (nSPS) is 12.3. The lowest BCUT2D eigenvalue weighted by Gasteiger charge is -2.15. The van der Waals surface area contributed by atoms with E-state index in [0.717, 1.165) is 5.57 Å². The molecule has 0 aliphatic rings. The Morgan fingerprint density at radius 1 is 1.00 bits per heavy atom. The predicted octanol–water partition coefficient (Wildman–Crippen LogP) is 3.05. The van der Waals surface area contributed by atoms with Gasteiger partial charge in [-0.05, 0) is 38.5 Å². The van der Waals surface area contributed by atoms with Gasteiger partial charge < -0.3 is 25.5 Å². The molecule has 0 fully saturated rings. The Labute approximate surface area is 122 Å². The van der Waals surface area contributed by atoms with Gasteiger partial charge in [-0.1, -0.05) is 11.6 Å². The standard InChI is InChI=1S/C16H18O5/c1-8(2)3-4-10(17)9-7-13(20)14-11(18)5-6-12(19)15(14)16(9)21/h3,5-7,10,17-21H,4H2,1-2H3/t10-/m0/s1. The summed E-state index contributed by atoms with van der Waals surface area (Å²) in [5.41, 5.74) is 1.11. The molecule has 1 atom stereocenters. The van der Waals surface area contributed by atoms with E-state index < -0.39 is 6.10 Å². The molecule has 0 aliphatic carbocycles. The molecule has 0 heterocycles. The van der Waals surface area contributed by atoms with E-state index >= 15 is 0 Å². The molecule has 2 aromatic rings. The van der Waals surface area contributed by atoms with Gasteiger partial charge in [0.25, 0.3) is 0 Å². The summed E-state index contributed by atoms with van der Waals surface area (Å²) in [7, 11) is 0. The smallest absolute Gasteiger partial charge is 0.133 e. The summed E-state index contributed by atoms with van der Waals surface area (Å²) in [6, 6.07) is 3.62. The molecule has 0 bridgehead atoms. The molecule has 5 nitrogen and oxygen atoms in total. The van der Waals surface area contributed by atoms with Crippen molar-refractivity contribution in [3.05, 3.63) is 35.4 Å². The van der Waals surface area contributed by atoms with Crippen LogP contribution >= 0.6 is 0 Å². The van der Waals surface area contributed by atoms with Gasteiger partial charge in [-0.3, -0.25) is 0 Å². The van der Waals surface area contributed by atoms with Crippen molar-refractivity contribution in [1.29, 1.82) is 0 Å². The molecule has 0 aromatic heterocycles. The van der Waals surface area contributed by atoms with Crippen LogP contribution in [0, 0.1) is 0 Å². The summed E-state index contributed by atoms with van der Waals surface area (Å²) in [4.78, 5) is 0. The van der Waals surface area contributed by atoms with Crippen molar-refractivity contribution in [2.45, 2.75) is 26.4 Å². The SMILES string of the molecule is CC(C)=CC[C@H](O)c1cc(O)c2c(O)ccc(O)c2c1O. The predicted molar refractivity (Wildman–Crippen MR) is 79.6 cm³/mol. The summed E-state index contributed by atoms with van der Waals surface area (Å²) >= 11 is 0. The molecule has 0 unspecified atom stereocenters. The lowest BCUT2D eigenvalue weighted by Crippen LogP contribution is -1.97. The van der Waals surface area contributed by atoms with Gasteiger partial charge >= 0.3 is 0 Å². The van der Waals surface area contributed by atoms with Crippen LogP contribution in [-0.4, -0.2) is 25.5 Å². The molecular formula is C16H18O5. The summed E-state index contributed by atoms with van der Waals surface area (Å²) in [5, 5.41) is 49.9. The highest BCUT2D eigenvalue weighted by atomic mass is 16.3. The van der Waals surface area contributed by atoms with E-state index in [1.165, 1.54) is 18.2 Å². The second-order valence-corrected chi connectivity index (χ2v) is 5.22. The fraction of sp³-hybridized carbons (Fsp3) is 0.250. The number of phenolic OH excluding ortho intramolecular Hbond substituents is 4. The van der Waals surface area contributed by atoms with Crippen LogP contribution < -0.4 is 0 Å². The second-order valence-electron chi connectivity index (χ2n) is 5.22. The molecule has 2 aromatic carbocycles. The van der Waals surface area contributed by atoms with E-state index in [0.29, 0.717) is 0 Å². The number of fused-ring (bicyclic) bond motifs is 1. The Bertz CT molecular complexity index is 714. The maximum absolute atomic E-state index is 10.3. The number of benzene rings is 2. The van der Waals surface area contributed by atoms with Crippen molar-refractivity contribution >= 4 is 10.8 Å². The molecule has 2 rings (SSSR count). The van der Waals surface area contributed by atoms with E-state index in [9.17, 15) is 25.5 Å². The van der Waals surface area contributed by atoms with Crippen molar-refractivity contribution in [2.75, 3.05) is 0 Å². The summed E-state index contributed by atoms with van der Waals surface area (Å²) in [6.45, 7) is 3.77. The zero-order valence-electron chi connectivity index (χ0n) is 11.8. The molecule has 0 radical (unpaired) electrons. The fourth-order valence-corrected chi connectivity index (χ4v) is 2.24. The van der Waals surface area contributed by atoms with E-state index in [-0.39, 0.29) is 45.8 Å². The molecule has 5 N–H and O–H groups in total. The minimum absolute atomic E-state index is 0.0503. The third-order valence-electron chi connectivity index (χ3n) is 3.33. The first kappa shape index (κ1) is 15.0. The van der Waals surface area contributed by atoms with E-state index in [4.69, 9.17) is 0 Å². The molecular weight excluding hydrogens is 272 g/mol. The highest BCUT2D eigenvalue weighted by molar-refractivity contribution is 6.02. The summed E-state index contributed by atoms with van der Waals surface area (Å²) in [6.07, 6.45) is 1.03. The molecule has 21 heavy (non-hydrogen) atoms. The van der Waals surface area contributed by atoms with Gasteiger partial charge in [0.2, 0.25) is 0 Å². The minimum Gasteiger partial charge on any atom is -0.507 e. The van der Waals surface area contributed by atoms with Crippen molar-refractivity contribution in [2.24, 2.45) is 0 Å². The monoisotopic (exact) mass is 290 g/mol. The van der Waals surface area contributed by atoms with E-state index in [1.54, 1.807) is 6.08 Å². The van der Waals surface area contributed by atoms with Crippen LogP contribution in [0.3, 0.4) is 0 Å². The Balaban J connectivity index is 2.65. The maximum atomic E-state index is 10.3. The Morgan fingerprint density at radius 2 is 1.57 bits per heavy atom. The quantitative estimate of drug-likeness (QED) is 0.442. The summed E-state index contributed by atoms with van der Waals surface area (Å²) in [5.74, 6) is -1.22. The average molecular weight is 290 g/mol. The van der Waals surface area contributed by atoms with Gasteiger partial charge in [-0.15, -0.1) is 0 Å². The van der Waals surface area contributed by atoms with Gasteiger partial charge in [0.15, 0.2) is 0 Å². The fourth-order valence-electron chi connectivity index (χ4n) is 2.24. The van der Waals surface area contributed by atoms with E-state index in [1.807, 2.05) is 13.8 Å². The number of allylic oxidation sites excluding steroid dienone is 1. The number of hydrogen-bond acceptors (Lipinski definition) is 5. The van der Waals surface area contributed by atoms with Crippen LogP contribution in [0.15, 0.2) is 29.8 Å². The zero-order chi connectivity index (χ0) is 15.7. The minimum atomic E-state index is -1.03. The number of aliphatic hydroxyl groups excluding tert-OH is 1. The first-order valence-corrected chi connectivity index (χ1v) is 6.53. The third kappa shape index (κ3) is 2.73. The van der Waals surface area contributed by atoms with Crippen molar-refractivity contribution in [1.82, 2.24) is 0 Å². The van der Waals surface area contributed by atoms with Crippen molar-refractivity contribution < 1.29 is 25.5 Å². The number of hydrogen-bond donors (Lipinski definition) is 5. The van der Waals surface area contributed by atoms with Crippen LogP contribution in [0.25, 0.3) is 10.8 Å². The number of aliphatic hydroxyl groups is 1. The first-order chi connectivity index (χ1) is 9.82. The van der Waals surface area contributed by atoms with E-state index in [2.05, 4.69) is 0 Å². The molecule has 0 amide bonds. The molecule has 112 valence electrons. The lowest BCUT2D eigenvalue weighted by molar-refractivity contribution is 0.177. The van der Waals surface area contributed by atoms with Gasteiger partial charge in [0.05, 0.1) is 16.9 Å².